The van der Waals surface area contributed by atoms with E-state index in [1.807, 2.05) is 44.3 Å². The Labute approximate surface area is 251 Å². The zero-order chi connectivity index (χ0) is 30.7. The smallest absolute Gasteiger partial charge is 0.0758 e. The van der Waals surface area contributed by atoms with E-state index in [1.54, 1.807) is 12.4 Å². The minimum atomic E-state index is 0.634. The molecule has 0 aliphatic carbocycles. The molecule has 0 radical (unpaired) electrons. The van der Waals surface area contributed by atoms with Crippen LogP contribution in [0.2, 0.25) is 0 Å². The van der Waals surface area contributed by atoms with E-state index in [1.165, 1.54) is 43.2 Å². The average Bonchev–Trinajstić information content (AvgIpc) is 2.99. The van der Waals surface area contributed by atoms with E-state index in [9.17, 15) is 0 Å². The number of hydrogen-bond acceptors (Lipinski definition) is 5. The van der Waals surface area contributed by atoms with Gasteiger partial charge in [-0.2, -0.15) is 0 Å². The summed E-state index contributed by atoms with van der Waals surface area (Å²) in [5.74, 6) is 0. The number of nitrogens with one attached hydrogen (secondary N) is 1. The molecule has 2 aromatic rings. The number of aliphatic imine (C=N–C) groups is 1. The lowest BCUT2D eigenvalue weighted by molar-refractivity contribution is 0.226. The molecular weight excluding hydrogens is 502 g/mol. The molecule has 41 heavy (non-hydrogen) atoms. The lowest BCUT2D eigenvalue weighted by atomic mass is 9.76. The number of hydrogen-bond donors (Lipinski definition) is 3. The van der Waals surface area contributed by atoms with Gasteiger partial charge < -0.3 is 16.8 Å². The number of nitrogens with zero attached hydrogens (tertiary/aromatic N) is 2. The van der Waals surface area contributed by atoms with Crippen LogP contribution >= 0.6 is 0 Å². The number of aryl methyl sites for hydroxylation is 2. The molecule has 0 spiro atoms. The molecule has 1 aromatic carbocycles. The summed E-state index contributed by atoms with van der Waals surface area (Å²) in [6.45, 7) is 17.4. The second kappa shape index (κ2) is 19.7. The van der Waals surface area contributed by atoms with Crippen LogP contribution in [0.15, 0.2) is 77.0 Å². The first-order chi connectivity index (χ1) is 19.8. The van der Waals surface area contributed by atoms with Crippen LogP contribution in [0.5, 0.6) is 0 Å². The van der Waals surface area contributed by atoms with Gasteiger partial charge in [0.05, 0.1) is 23.3 Å². The second-order valence-electron chi connectivity index (χ2n) is 10.8. The first-order valence-corrected chi connectivity index (χ1v) is 15.7. The topological polar surface area (TPSA) is 89.3 Å². The molecule has 0 aliphatic heterocycles. The fraction of sp³-hybridized carbons (Fsp3) is 0.500. The molecule has 0 unspecified atom stereocenters. The Morgan fingerprint density at radius 2 is 1.51 bits per heavy atom. The van der Waals surface area contributed by atoms with Gasteiger partial charge in [-0.3, -0.25) is 9.98 Å². The van der Waals surface area contributed by atoms with Gasteiger partial charge in [0.2, 0.25) is 0 Å². The summed E-state index contributed by atoms with van der Waals surface area (Å²) < 4.78 is 0. The van der Waals surface area contributed by atoms with Crippen LogP contribution in [0.4, 0.5) is 5.69 Å². The number of rotatable bonds is 15. The third-order valence-corrected chi connectivity index (χ3v) is 7.93. The minimum Gasteiger partial charge on any atom is -0.404 e. The number of aromatic nitrogens is 1. The van der Waals surface area contributed by atoms with Gasteiger partial charge in [-0.25, -0.2) is 0 Å². The van der Waals surface area contributed by atoms with Crippen molar-refractivity contribution in [3.8, 4) is 0 Å². The van der Waals surface area contributed by atoms with E-state index >= 15 is 0 Å². The molecule has 0 saturated heterocycles. The molecule has 1 aromatic heterocycles. The number of benzene rings is 1. The van der Waals surface area contributed by atoms with Crippen molar-refractivity contribution in [1.82, 2.24) is 10.3 Å². The maximum Gasteiger partial charge on any atom is 0.0758 e. The predicted molar refractivity (Wildman–Crippen MR) is 181 cm³/mol. The van der Waals surface area contributed by atoms with Crippen molar-refractivity contribution in [3.63, 3.8) is 0 Å². The Kier molecular flexibility index (Phi) is 17.1. The van der Waals surface area contributed by atoms with E-state index in [4.69, 9.17) is 11.5 Å². The lowest BCUT2D eigenvalue weighted by Gasteiger charge is -2.29. The second-order valence-corrected chi connectivity index (χ2v) is 10.8. The van der Waals surface area contributed by atoms with Gasteiger partial charge in [-0.15, -0.1) is 0 Å². The summed E-state index contributed by atoms with van der Waals surface area (Å²) in [7, 11) is 0. The Balaban J connectivity index is 0.000000716. The van der Waals surface area contributed by atoms with Crippen molar-refractivity contribution < 1.29 is 0 Å². The first-order valence-electron chi connectivity index (χ1n) is 15.7. The maximum atomic E-state index is 6.14. The van der Waals surface area contributed by atoms with Crippen molar-refractivity contribution in [2.24, 2.45) is 21.9 Å². The zero-order valence-electron chi connectivity index (χ0n) is 27.2. The predicted octanol–water partition coefficient (Wildman–Crippen LogP) is 9.38. The van der Waals surface area contributed by atoms with Gasteiger partial charge in [0.25, 0.3) is 0 Å². The molecule has 0 atom stereocenters. The standard InChI is InChI=1S/C26H35N5.C10H22/c1-5-8-20-10-12-22(13-11-20)30-18-26(19(4)28)31-24(7-3)23(17-27)25-16-21(9-6-2)14-15-29-25;1-5-9-10(6-2,7-3)8-4/h7,10-18,31H,5-6,8-9,27-28H2,1-4H3;5-9H2,1-4H3/b23-17-,24-7+,26-19+,30-18?;. The molecule has 0 fully saturated rings. The maximum absolute atomic E-state index is 6.14. The Morgan fingerprint density at radius 3 is 1.98 bits per heavy atom. The van der Waals surface area contributed by atoms with Gasteiger partial charge in [0.1, 0.15) is 0 Å². The summed E-state index contributed by atoms with van der Waals surface area (Å²) in [5, 5.41) is 3.38. The molecule has 0 saturated carbocycles. The molecule has 5 nitrogen and oxygen atoms in total. The lowest BCUT2D eigenvalue weighted by Crippen LogP contribution is -2.20. The van der Waals surface area contributed by atoms with Crippen LogP contribution in [0, 0.1) is 5.41 Å². The monoisotopic (exact) mass is 559 g/mol. The SMILES string of the molecule is C/C=C(N/C(C=Nc1ccc(CCC)cc1)=C(\C)N)\C(=C\N)c1cc(CCC)ccn1.CCCC(CC)(CC)CC. The Bertz CT molecular complexity index is 1120. The molecule has 0 amide bonds. The van der Waals surface area contributed by atoms with Gasteiger partial charge in [0.15, 0.2) is 0 Å². The number of allylic oxidation sites excluding steroid dienone is 4. The van der Waals surface area contributed by atoms with Gasteiger partial charge in [-0.1, -0.05) is 98.3 Å². The normalized spacial score (nSPS) is 13.1. The summed E-state index contributed by atoms with van der Waals surface area (Å²) in [4.78, 5) is 9.11. The highest BCUT2D eigenvalue weighted by Gasteiger charge is 2.21. The molecular formula is C36H57N5. The third kappa shape index (κ3) is 12.0. The van der Waals surface area contributed by atoms with Crippen molar-refractivity contribution >= 4 is 17.5 Å². The fourth-order valence-corrected chi connectivity index (χ4v) is 5.04. The number of nitrogens with two attached hydrogens (primary N) is 2. The van der Waals surface area contributed by atoms with E-state index in [-0.39, 0.29) is 0 Å². The van der Waals surface area contributed by atoms with Crippen molar-refractivity contribution in [2.75, 3.05) is 0 Å². The van der Waals surface area contributed by atoms with Gasteiger partial charge in [-0.05, 0) is 73.9 Å². The molecule has 226 valence electrons. The summed E-state index contributed by atoms with van der Waals surface area (Å²) in [6.07, 6.45) is 18.2. The van der Waals surface area contributed by atoms with Crippen LogP contribution in [0.25, 0.3) is 5.57 Å². The Hall–Kier alpha value is -3.34. The molecule has 1 heterocycles. The van der Waals surface area contributed by atoms with E-state index in [0.717, 1.165) is 54.0 Å². The zero-order valence-corrected chi connectivity index (χ0v) is 27.2. The summed E-state index contributed by atoms with van der Waals surface area (Å²) in [5.41, 5.74) is 20.1. The van der Waals surface area contributed by atoms with E-state index < -0.39 is 0 Å². The van der Waals surface area contributed by atoms with Crippen molar-refractivity contribution in [2.45, 2.75) is 113 Å². The average molecular weight is 560 g/mol. The van der Waals surface area contributed by atoms with Crippen LogP contribution in [0.1, 0.15) is 117 Å². The fourth-order valence-electron chi connectivity index (χ4n) is 5.04. The third-order valence-electron chi connectivity index (χ3n) is 7.93. The summed E-state index contributed by atoms with van der Waals surface area (Å²) >= 11 is 0. The molecule has 5 N–H and O–H groups in total. The highest BCUT2D eigenvalue weighted by molar-refractivity contribution is 5.84. The molecule has 0 bridgehead atoms. The minimum absolute atomic E-state index is 0.634. The number of pyridine rings is 1. The highest BCUT2D eigenvalue weighted by Crippen LogP contribution is 2.35. The first kappa shape index (κ1) is 35.7. The highest BCUT2D eigenvalue weighted by atomic mass is 14.9. The molecule has 0 aliphatic rings. The van der Waals surface area contributed by atoms with Crippen LogP contribution in [0.3, 0.4) is 0 Å². The van der Waals surface area contributed by atoms with Gasteiger partial charge >= 0.3 is 0 Å². The van der Waals surface area contributed by atoms with Crippen LogP contribution in [-0.4, -0.2) is 11.2 Å². The van der Waals surface area contributed by atoms with Crippen molar-refractivity contribution in [3.05, 3.63) is 88.8 Å². The van der Waals surface area contributed by atoms with Crippen LogP contribution < -0.4 is 16.8 Å². The quantitative estimate of drug-likeness (QED) is 0.150. The Morgan fingerprint density at radius 1 is 0.902 bits per heavy atom. The van der Waals surface area contributed by atoms with Crippen LogP contribution in [-0.2, 0) is 12.8 Å². The van der Waals surface area contributed by atoms with E-state index in [2.05, 4.69) is 75.0 Å². The van der Waals surface area contributed by atoms with Crippen molar-refractivity contribution in [1.29, 1.82) is 0 Å². The van der Waals surface area contributed by atoms with E-state index in [0.29, 0.717) is 11.1 Å². The molecule has 5 heteroatoms. The molecule has 2 rings (SSSR count). The largest absolute Gasteiger partial charge is 0.404 e. The van der Waals surface area contributed by atoms with Gasteiger partial charge in [0, 0.05) is 29.4 Å². The summed E-state index contributed by atoms with van der Waals surface area (Å²) in [6, 6.07) is 12.4.